The topological polar surface area (TPSA) is 50.7 Å². The Morgan fingerprint density at radius 3 is 2.73 bits per heavy atom. The van der Waals surface area contributed by atoms with Gasteiger partial charge in [0, 0.05) is 11.5 Å². The summed E-state index contributed by atoms with van der Waals surface area (Å²) in [5.41, 5.74) is 4.67. The van der Waals surface area contributed by atoms with Crippen LogP contribution in [0.2, 0.25) is 0 Å². The Kier molecular flexibility index (Phi) is 6.65. The molecular weight excluding hydrogens is 412 g/mol. The van der Waals surface area contributed by atoms with E-state index >= 15 is 0 Å². The van der Waals surface area contributed by atoms with Gasteiger partial charge in [0.25, 0.3) is 0 Å². The molecule has 0 spiro atoms. The van der Waals surface area contributed by atoms with Crippen molar-refractivity contribution in [1.82, 2.24) is 5.43 Å². The zero-order valence-electron chi connectivity index (χ0n) is 16.8. The largest absolute Gasteiger partial charge is 0.489 e. The van der Waals surface area contributed by atoms with E-state index in [2.05, 4.69) is 47.8 Å². The lowest BCUT2D eigenvalue weighted by Crippen LogP contribution is -2.26. The molecule has 0 aliphatic carbocycles. The summed E-state index contributed by atoms with van der Waals surface area (Å²) in [7, 11) is 0. The predicted octanol–water partition coefficient (Wildman–Crippen LogP) is 5.46. The van der Waals surface area contributed by atoms with Crippen molar-refractivity contribution in [3.63, 3.8) is 0 Å². The molecule has 1 N–H and O–H groups in total. The Morgan fingerprint density at radius 2 is 1.87 bits per heavy atom. The number of carbonyl (C=O) groups excluding carboxylic acids is 1. The number of rotatable bonds is 7. The fraction of sp³-hybridized carbons (Fsp3) is 0.250. The fourth-order valence-corrected chi connectivity index (χ4v) is 6.26. The van der Waals surface area contributed by atoms with E-state index in [1.165, 1.54) is 10.8 Å². The maximum atomic E-state index is 12.2. The third-order valence-corrected chi connectivity index (χ3v) is 8.21. The number of amides is 1. The van der Waals surface area contributed by atoms with E-state index in [1.807, 2.05) is 59.9 Å². The molecule has 1 heterocycles. The van der Waals surface area contributed by atoms with Crippen molar-refractivity contribution < 1.29 is 9.53 Å². The van der Waals surface area contributed by atoms with Gasteiger partial charge in [-0.05, 0) is 41.0 Å². The average molecular weight is 437 g/mol. The van der Waals surface area contributed by atoms with Crippen LogP contribution >= 0.6 is 23.5 Å². The van der Waals surface area contributed by atoms with Crippen LogP contribution in [0.3, 0.4) is 0 Å². The molecule has 3 aromatic carbocycles. The van der Waals surface area contributed by atoms with Gasteiger partial charge in [0.1, 0.15) is 12.4 Å². The Morgan fingerprint density at radius 1 is 1.10 bits per heavy atom. The van der Waals surface area contributed by atoms with Crippen LogP contribution in [0.4, 0.5) is 0 Å². The van der Waals surface area contributed by atoms with E-state index in [0.717, 1.165) is 28.4 Å². The molecule has 1 amide bonds. The molecule has 3 aromatic rings. The van der Waals surface area contributed by atoms with Gasteiger partial charge in [-0.2, -0.15) is 5.10 Å². The van der Waals surface area contributed by atoms with Crippen LogP contribution < -0.4 is 10.2 Å². The lowest BCUT2D eigenvalue weighted by molar-refractivity contribution is -0.121. The molecule has 0 unspecified atom stereocenters. The van der Waals surface area contributed by atoms with Crippen molar-refractivity contribution in [1.29, 1.82) is 0 Å². The second-order valence-electron chi connectivity index (χ2n) is 7.30. The molecule has 1 aliphatic heterocycles. The quantitative estimate of drug-likeness (QED) is 0.395. The Labute approximate surface area is 185 Å². The number of nitrogens with zero attached hydrogens (tertiary/aromatic N) is 1. The summed E-state index contributed by atoms with van der Waals surface area (Å²) in [5, 5.41) is 6.52. The number of hydrogen-bond donors (Lipinski definition) is 1. The Balaban J connectivity index is 1.34. The minimum atomic E-state index is -0.0565. The van der Waals surface area contributed by atoms with Crippen molar-refractivity contribution in [2.45, 2.75) is 24.0 Å². The standard InChI is InChI=1S/C24H24N2O2S2/c1-24(29-12-13-30-24)15-23(27)26-25-16-18-6-4-10-21(14-18)28-17-20-9-5-8-19-7-2-3-11-22(19)20/h2-11,14,16H,12-13,15,17H2,1H3,(H,26,27)/b25-16-. The van der Waals surface area contributed by atoms with Gasteiger partial charge >= 0.3 is 0 Å². The van der Waals surface area contributed by atoms with Gasteiger partial charge in [-0.3, -0.25) is 4.79 Å². The second kappa shape index (κ2) is 9.58. The summed E-state index contributed by atoms with van der Waals surface area (Å²) in [4.78, 5) is 12.2. The van der Waals surface area contributed by atoms with E-state index in [0.29, 0.717) is 13.0 Å². The van der Waals surface area contributed by atoms with Gasteiger partial charge in [0.2, 0.25) is 5.91 Å². The third kappa shape index (κ3) is 5.37. The van der Waals surface area contributed by atoms with E-state index in [-0.39, 0.29) is 9.99 Å². The highest BCUT2D eigenvalue weighted by atomic mass is 32.2. The molecular formula is C24H24N2O2S2. The first-order valence-corrected chi connectivity index (χ1v) is 11.9. The van der Waals surface area contributed by atoms with Gasteiger partial charge in [0.05, 0.1) is 16.7 Å². The maximum Gasteiger partial charge on any atom is 0.242 e. The van der Waals surface area contributed by atoms with Crippen LogP contribution in [0.25, 0.3) is 10.8 Å². The first-order valence-electron chi connectivity index (χ1n) is 9.91. The van der Waals surface area contributed by atoms with Crippen molar-refractivity contribution in [2.75, 3.05) is 11.5 Å². The molecule has 0 radical (unpaired) electrons. The number of carbonyl (C=O) groups is 1. The van der Waals surface area contributed by atoms with Gasteiger partial charge < -0.3 is 4.74 Å². The van der Waals surface area contributed by atoms with Crippen LogP contribution in [0.1, 0.15) is 24.5 Å². The first kappa shape index (κ1) is 20.8. The number of hydrogen-bond acceptors (Lipinski definition) is 5. The fourth-order valence-electron chi connectivity index (χ4n) is 3.43. The lowest BCUT2D eigenvalue weighted by Gasteiger charge is -2.19. The minimum Gasteiger partial charge on any atom is -0.489 e. The van der Waals surface area contributed by atoms with E-state index in [1.54, 1.807) is 6.21 Å². The molecule has 4 nitrogen and oxygen atoms in total. The molecule has 1 fully saturated rings. The SMILES string of the molecule is CC1(CC(=O)N/N=C\c2cccc(OCc3cccc4ccccc34)c2)SCCS1. The molecule has 0 aromatic heterocycles. The number of thioether (sulfide) groups is 2. The lowest BCUT2D eigenvalue weighted by atomic mass is 10.1. The molecule has 6 heteroatoms. The van der Waals surface area contributed by atoms with Crippen LogP contribution in [-0.2, 0) is 11.4 Å². The van der Waals surface area contributed by atoms with Crippen molar-refractivity contribution in [3.05, 3.63) is 77.9 Å². The van der Waals surface area contributed by atoms with Crippen molar-refractivity contribution in [3.8, 4) is 5.75 Å². The van der Waals surface area contributed by atoms with E-state index in [4.69, 9.17) is 4.74 Å². The van der Waals surface area contributed by atoms with E-state index in [9.17, 15) is 4.79 Å². The summed E-state index contributed by atoms with van der Waals surface area (Å²) >= 11 is 3.69. The van der Waals surface area contributed by atoms with Gasteiger partial charge in [-0.25, -0.2) is 5.43 Å². The molecule has 0 saturated carbocycles. The van der Waals surface area contributed by atoms with Gasteiger partial charge in [0.15, 0.2) is 0 Å². The Bertz CT molecular complexity index is 1060. The summed E-state index contributed by atoms with van der Waals surface area (Å²) in [6, 6.07) is 22.3. The van der Waals surface area contributed by atoms with Crippen molar-refractivity contribution in [2.24, 2.45) is 5.10 Å². The highest BCUT2D eigenvalue weighted by Gasteiger charge is 2.32. The van der Waals surface area contributed by atoms with Gasteiger partial charge in [-0.1, -0.05) is 54.6 Å². The van der Waals surface area contributed by atoms with E-state index < -0.39 is 0 Å². The highest BCUT2D eigenvalue weighted by molar-refractivity contribution is 8.21. The number of ether oxygens (including phenoxy) is 1. The summed E-state index contributed by atoms with van der Waals surface area (Å²) < 4.78 is 5.98. The zero-order valence-corrected chi connectivity index (χ0v) is 18.5. The highest BCUT2D eigenvalue weighted by Crippen LogP contribution is 2.45. The number of nitrogens with one attached hydrogen (secondary N) is 1. The normalized spacial score (nSPS) is 15.5. The number of hydrazone groups is 1. The molecule has 4 rings (SSSR count). The molecule has 1 saturated heterocycles. The molecule has 0 atom stereocenters. The smallest absolute Gasteiger partial charge is 0.242 e. The maximum absolute atomic E-state index is 12.2. The van der Waals surface area contributed by atoms with Gasteiger partial charge in [-0.15, -0.1) is 23.5 Å². The molecule has 30 heavy (non-hydrogen) atoms. The Hall–Kier alpha value is -2.44. The second-order valence-corrected chi connectivity index (χ2v) is 10.8. The number of benzene rings is 3. The molecule has 0 bridgehead atoms. The van der Waals surface area contributed by atoms with Crippen molar-refractivity contribution >= 4 is 46.4 Å². The van der Waals surface area contributed by atoms with Crippen LogP contribution in [0.15, 0.2) is 71.8 Å². The average Bonchev–Trinajstić information content (AvgIpc) is 3.18. The molecule has 1 aliphatic rings. The summed E-state index contributed by atoms with van der Waals surface area (Å²) in [6.45, 7) is 2.61. The number of fused-ring (bicyclic) bond motifs is 1. The minimum absolute atomic E-state index is 0.0328. The monoisotopic (exact) mass is 436 g/mol. The summed E-state index contributed by atoms with van der Waals surface area (Å²) in [6.07, 6.45) is 2.12. The van der Waals surface area contributed by atoms with Crippen LogP contribution in [0, 0.1) is 0 Å². The third-order valence-electron chi connectivity index (χ3n) is 4.92. The summed E-state index contributed by atoms with van der Waals surface area (Å²) in [5.74, 6) is 2.91. The van der Waals surface area contributed by atoms with Crippen LogP contribution in [0.5, 0.6) is 5.75 Å². The first-order chi connectivity index (χ1) is 14.6. The molecule has 154 valence electrons. The van der Waals surface area contributed by atoms with Crippen LogP contribution in [-0.4, -0.2) is 27.7 Å². The zero-order chi connectivity index (χ0) is 20.8. The predicted molar refractivity (Wildman–Crippen MR) is 128 cm³/mol.